The van der Waals surface area contributed by atoms with E-state index in [1.807, 2.05) is 0 Å². The van der Waals surface area contributed by atoms with Crippen LogP contribution in [0.3, 0.4) is 0 Å². The summed E-state index contributed by atoms with van der Waals surface area (Å²) in [5.41, 5.74) is 5.38. The zero-order valence-corrected chi connectivity index (χ0v) is 9.27. The summed E-state index contributed by atoms with van der Waals surface area (Å²) in [6.45, 7) is 3.40. The second-order valence-corrected chi connectivity index (χ2v) is 3.81. The molecule has 1 aromatic carbocycles. The van der Waals surface area contributed by atoms with Crippen LogP contribution in [0, 0.1) is 11.6 Å². The Hall–Kier alpha value is -1.23. The maximum atomic E-state index is 13.1. The molecular formula is C10H8BrF2NO. The maximum absolute atomic E-state index is 13.1. The van der Waals surface area contributed by atoms with Crippen LogP contribution in [0.4, 0.5) is 8.78 Å². The lowest BCUT2D eigenvalue weighted by atomic mass is 10.1. The second-order valence-electron chi connectivity index (χ2n) is 3.02. The molecule has 0 saturated carbocycles. The monoisotopic (exact) mass is 275 g/mol. The van der Waals surface area contributed by atoms with E-state index >= 15 is 0 Å². The van der Waals surface area contributed by atoms with E-state index in [9.17, 15) is 13.6 Å². The summed E-state index contributed by atoms with van der Waals surface area (Å²) in [7, 11) is 0. The molecule has 15 heavy (non-hydrogen) atoms. The standard InChI is InChI=1S/C10H8BrF2NO/c1-5(10(14)15)2-6-3-7(12)9(11)8(13)4-6/h3-4H,1-2H2,(H2,14,15). The van der Waals surface area contributed by atoms with E-state index in [-0.39, 0.29) is 16.5 Å². The summed E-state index contributed by atoms with van der Waals surface area (Å²) in [5, 5.41) is 0. The lowest BCUT2D eigenvalue weighted by molar-refractivity contribution is -0.114. The van der Waals surface area contributed by atoms with E-state index in [1.54, 1.807) is 0 Å². The van der Waals surface area contributed by atoms with Gasteiger partial charge in [-0.2, -0.15) is 0 Å². The Balaban J connectivity index is 2.98. The molecule has 2 nitrogen and oxygen atoms in total. The molecule has 0 aliphatic heterocycles. The molecule has 0 aliphatic carbocycles. The Labute approximate surface area is 93.9 Å². The minimum absolute atomic E-state index is 0.0381. The van der Waals surface area contributed by atoms with Gasteiger partial charge < -0.3 is 5.73 Å². The first-order valence-electron chi connectivity index (χ1n) is 4.03. The van der Waals surface area contributed by atoms with Crippen molar-refractivity contribution in [2.45, 2.75) is 6.42 Å². The van der Waals surface area contributed by atoms with E-state index in [0.717, 1.165) is 12.1 Å². The van der Waals surface area contributed by atoms with Crippen LogP contribution < -0.4 is 5.73 Å². The van der Waals surface area contributed by atoms with Gasteiger partial charge in [0.1, 0.15) is 11.6 Å². The normalized spacial score (nSPS) is 10.1. The number of nitrogens with two attached hydrogens (primary N) is 1. The molecule has 0 spiro atoms. The van der Waals surface area contributed by atoms with Gasteiger partial charge in [0.15, 0.2) is 0 Å². The fourth-order valence-electron chi connectivity index (χ4n) is 1.04. The van der Waals surface area contributed by atoms with Crippen LogP contribution >= 0.6 is 15.9 Å². The third kappa shape index (κ3) is 2.86. The van der Waals surface area contributed by atoms with Crippen LogP contribution in [0.15, 0.2) is 28.8 Å². The summed E-state index contributed by atoms with van der Waals surface area (Å²) in [4.78, 5) is 10.7. The van der Waals surface area contributed by atoms with Gasteiger partial charge in [0, 0.05) is 12.0 Å². The molecule has 0 radical (unpaired) electrons. The summed E-state index contributed by atoms with van der Waals surface area (Å²) < 4.78 is 25.9. The summed E-state index contributed by atoms with van der Waals surface area (Å²) in [5.74, 6) is -2.12. The van der Waals surface area contributed by atoms with Crippen molar-refractivity contribution in [2.75, 3.05) is 0 Å². The number of carbonyl (C=O) groups excluding carboxylic acids is 1. The molecule has 0 bridgehead atoms. The largest absolute Gasteiger partial charge is 0.366 e. The Kier molecular flexibility index (Phi) is 3.57. The van der Waals surface area contributed by atoms with E-state index in [0.29, 0.717) is 5.56 Å². The van der Waals surface area contributed by atoms with E-state index < -0.39 is 17.5 Å². The quantitative estimate of drug-likeness (QED) is 0.668. The maximum Gasteiger partial charge on any atom is 0.244 e. The highest BCUT2D eigenvalue weighted by Crippen LogP contribution is 2.22. The minimum atomic E-state index is -0.720. The van der Waals surface area contributed by atoms with Gasteiger partial charge in [-0.3, -0.25) is 4.79 Å². The average molecular weight is 276 g/mol. The molecule has 0 atom stereocenters. The smallest absolute Gasteiger partial charge is 0.244 e. The molecule has 0 fully saturated rings. The SMILES string of the molecule is C=C(Cc1cc(F)c(Br)c(F)c1)C(N)=O. The second kappa shape index (κ2) is 4.53. The van der Waals surface area contributed by atoms with Crippen molar-refractivity contribution in [3.05, 3.63) is 46.0 Å². The van der Waals surface area contributed by atoms with Gasteiger partial charge in [0.2, 0.25) is 5.91 Å². The average Bonchev–Trinajstić information content (AvgIpc) is 2.13. The molecule has 1 amide bonds. The first-order valence-corrected chi connectivity index (χ1v) is 4.82. The lowest BCUT2D eigenvalue weighted by Gasteiger charge is -2.04. The van der Waals surface area contributed by atoms with Crippen LogP contribution in [0.5, 0.6) is 0 Å². The first kappa shape index (κ1) is 11.8. The number of carbonyl (C=O) groups is 1. The topological polar surface area (TPSA) is 43.1 Å². The van der Waals surface area contributed by atoms with Gasteiger partial charge >= 0.3 is 0 Å². The molecule has 5 heteroatoms. The summed E-state index contributed by atoms with van der Waals surface area (Å²) in [6, 6.07) is 2.25. The Morgan fingerprint density at radius 2 is 1.87 bits per heavy atom. The fourth-order valence-corrected chi connectivity index (χ4v) is 1.27. The van der Waals surface area contributed by atoms with Crippen molar-refractivity contribution in [1.29, 1.82) is 0 Å². The number of benzene rings is 1. The number of halogens is 3. The lowest BCUT2D eigenvalue weighted by Crippen LogP contribution is -2.14. The highest BCUT2D eigenvalue weighted by Gasteiger charge is 2.10. The van der Waals surface area contributed by atoms with Crippen LogP contribution in [0.25, 0.3) is 0 Å². The van der Waals surface area contributed by atoms with E-state index in [4.69, 9.17) is 5.73 Å². The highest BCUT2D eigenvalue weighted by molar-refractivity contribution is 9.10. The molecule has 80 valence electrons. The van der Waals surface area contributed by atoms with Crippen molar-refractivity contribution in [3.8, 4) is 0 Å². The molecule has 0 saturated heterocycles. The van der Waals surface area contributed by atoms with Crippen LogP contribution in [-0.4, -0.2) is 5.91 Å². The van der Waals surface area contributed by atoms with Gasteiger partial charge in [-0.25, -0.2) is 8.78 Å². The van der Waals surface area contributed by atoms with Gasteiger partial charge in [-0.05, 0) is 33.6 Å². The third-order valence-corrected chi connectivity index (χ3v) is 2.57. The molecule has 0 unspecified atom stereocenters. The van der Waals surface area contributed by atoms with E-state index in [2.05, 4.69) is 22.5 Å². The van der Waals surface area contributed by atoms with E-state index in [1.165, 1.54) is 0 Å². The summed E-state index contributed by atoms with van der Waals surface area (Å²) >= 11 is 2.74. The molecule has 0 aliphatic rings. The fraction of sp³-hybridized carbons (Fsp3) is 0.100. The minimum Gasteiger partial charge on any atom is -0.366 e. The number of amides is 1. The zero-order valence-electron chi connectivity index (χ0n) is 7.69. The van der Waals surface area contributed by atoms with Crippen LogP contribution in [0.1, 0.15) is 5.56 Å². The van der Waals surface area contributed by atoms with Crippen molar-refractivity contribution >= 4 is 21.8 Å². The molecule has 0 heterocycles. The molecule has 1 rings (SSSR count). The Bertz CT molecular complexity index is 408. The van der Waals surface area contributed by atoms with Crippen molar-refractivity contribution in [3.63, 3.8) is 0 Å². The molecular weight excluding hydrogens is 268 g/mol. The van der Waals surface area contributed by atoms with Crippen molar-refractivity contribution in [2.24, 2.45) is 5.73 Å². The predicted octanol–water partition coefficient (Wildman–Crippen LogP) is 2.31. The Morgan fingerprint density at radius 3 is 2.27 bits per heavy atom. The zero-order chi connectivity index (χ0) is 11.6. The van der Waals surface area contributed by atoms with Crippen LogP contribution in [0.2, 0.25) is 0 Å². The summed E-state index contributed by atoms with van der Waals surface area (Å²) in [6.07, 6.45) is 0.0381. The molecule has 2 N–H and O–H groups in total. The highest BCUT2D eigenvalue weighted by atomic mass is 79.9. The van der Waals surface area contributed by atoms with Gasteiger partial charge in [-0.15, -0.1) is 0 Å². The third-order valence-electron chi connectivity index (χ3n) is 1.81. The van der Waals surface area contributed by atoms with Gasteiger partial charge in [0.05, 0.1) is 4.47 Å². The number of hydrogen-bond acceptors (Lipinski definition) is 1. The van der Waals surface area contributed by atoms with Crippen molar-refractivity contribution < 1.29 is 13.6 Å². The van der Waals surface area contributed by atoms with Gasteiger partial charge in [-0.1, -0.05) is 6.58 Å². The number of hydrogen-bond donors (Lipinski definition) is 1. The number of primary amides is 1. The predicted molar refractivity (Wildman–Crippen MR) is 56.1 cm³/mol. The van der Waals surface area contributed by atoms with Crippen molar-refractivity contribution in [1.82, 2.24) is 0 Å². The number of rotatable bonds is 3. The Morgan fingerprint density at radius 1 is 1.40 bits per heavy atom. The van der Waals surface area contributed by atoms with Crippen LogP contribution in [-0.2, 0) is 11.2 Å². The molecule has 1 aromatic rings. The molecule has 0 aromatic heterocycles. The first-order chi connectivity index (χ1) is 6.91. The van der Waals surface area contributed by atoms with Gasteiger partial charge in [0.25, 0.3) is 0 Å².